The molecule has 6 nitrogen and oxygen atoms in total. The molecule has 1 amide bonds. The first kappa shape index (κ1) is 14.4. The van der Waals surface area contributed by atoms with Crippen LogP contribution in [-0.4, -0.2) is 34.3 Å². The average molecular weight is 272 g/mol. The highest BCUT2D eigenvalue weighted by atomic mass is 35.5. The summed E-state index contributed by atoms with van der Waals surface area (Å²) in [5.41, 5.74) is -0.199. The van der Waals surface area contributed by atoms with Gasteiger partial charge in [0.1, 0.15) is 11.3 Å². The molecule has 1 aromatic rings. The third-order valence-corrected chi connectivity index (χ3v) is 2.55. The molecule has 0 aromatic carbocycles. The molecule has 0 aliphatic rings. The van der Waals surface area contributed by atoms with Crippen LogP contribution in [0.2, 0.25) is 5.15 Å². The molecule has 7 heteroatoms. The maximum Gasteiger partial charge on any atom is 0.288 e. The van der Waals surface area contributed by atoms with E-state index >= 15 is 0 Å². The molecule has 0 fully saturated rings. The lowest BCUT2D eigenvalue weighted by atomic mass is 10.2. The molecule has 0 aliphatic heterocycles. The summed E-state index contributed by atoms with van der Waals surface area (Å²) in [6.45, 7) is 4.48. The molecule has 18 heavy (non-hydrogen) atoms. The lowest BCUT2D eigenvalue weighted by Gasteiger charge is -2.19. The second kappa shape index (κ2) is 5.77. The topological polar surface area (TPSA) is 76.3 Å². The van der Waals surface area contributed by atoms with Gasteiger partial charge >= 0.3 is 0 Å². The summed E-state index contributed by atoms with van der Waals surface area (Å²) in [5.74, 6) is -0.0747. The Kier molecular flexibility index (Phi) is 4.61. The molecule has 0 radical (unpaired) electrons. The molecule has 1 rings (SSSR count). The normalized spacial score (nSPS) is 10.5. The van der Waals surface area contributed by atoms with E-state index in [2.05, 4.69) is 4.98 Å². The molecule has 0 atom stereocenters. The summed E-state index contributed by atoms with van der Waals surface area (Å²) in [4.78, 5) is 27.2. The van der Waals surface area contributed by atoms with Crippen molar-refractivity contribution < 1.29 is 9.72 Å². The van der Waals surface area contributed by atoms with Gasteiger partial charge in [-0.05, 0) is 5.92 Å². The van der Waals surface area contributed by atoms with E-state index in [-0.39, 0.29) is 22.3 Å². The molecule has 0 N–H and O–H groups in total. The predicted molar refractivity (Wildman–Crippen MR) is 67.7 cm³/mol. The third-order valence-electron chi connectivity index (χ3n) is 2.25. The van der Waals surface area contributed by atoms with Crippen molar-refractivity contribution in [2.75, 3.05) is 13.6 Å². The fraction of sp³-hybridized carbons (Fsp3) is 0.455. The molecule has 98 valence electrons. The molecule has 0 saturated heterocycles. The summed E-state index contributed by atoms with van der Waals surface area (Å²) in [5, 5.41) is 10.6. The highest BCUT2D eigenvalue weighted by Gasteiger charge is 2.20. The minimum absolute atomic E-state index is 0.0267. The summed E-state index contributed by atoms with van der Waals surface area (Å²) in [7, 11) is 1.62. The number of rotatable bonds is 4. The molecule has 0 aliphatic carbocycles. The second-order valence-corrected chi connectivity index (χ2v) is 4.73. The second-order valence-electron chi connectivity index (χ2n) is 4.37. The Labute approximate surface area is 110 Å². The smallest absolute Gasteiger partial charge is 0.288 e. The van der Waals surface area contributed by atoms with Crippen molar-refractivity contribution in [1.82, 2.24) is 9.88 Å². The zero-order chi connectivity index (χ0) is 13.9. The number of pyridine rings is 1. The number of amides is 1. The Morgan fingerprint density at radius 1 is 1.61 bits per heavy atom. The first-order valence-electron chi connectivity index (χ1n) is 5.38. The van der Waals surface area contributed by atoms with Crippen molar-refractivity contribution in [1.29, 1.82) is 0 Å². The SMILES string of the molecule is CC(C)CN(C)C(=O)c1cc([N+](=O)[O-])cnc1Cl. The van der Waals surface area contributed by atoms with Crippen LogP contribution in [0.15, 0.2) is 12.3 Å². The van der Waals surface area contributed by atoms with Gasteiger partial charge in [-0.3, -0.25) is 14.9 Å². The monoisotopic (exact) mass is 271 g/mol. The number of aromatic nitrogens is 1. The Morgan fingerprint density at radius 3 is 2.72 bits per heavy atom. The maximum atomic E-state index is 12.1. The van der Waals surface area contributed by atoms with Crippen LogP contribution < -0.4 is 0 Å². The van der Waals surface area contributed by atoms with E-state index in [0.717, 1.165) is 12.3 Å². The summed E-state index contributed by atoms with van der Waals surface area (Å²) in [6, 6.07) is 1.15. The molecular weight excluding hydrogens is 258 g/mol. The van der Waals surface area contributed by atoms with Gasteiger partial charge in [-0.25, -0.2) is 4.98 Å². The Balaban J connectivity index is 3.04. The minimum atomic E-state index is -0.609. The quantitative estimate of drug-likeness (QED) is 0.478. The van der Waals surface area contributed by atoms with Crippen LogP contribution in [0.1, 0.15) is 24.2 Å². The Hall–Kier alpha value is -1.69. The van der Waals surface area contributed by atoms with Crippen molar-refractivity contribution in [2.45, 2.75) is 13.8 Å². The number of hydrogen-bond donors (Lipinski definition) is 0. The van der Waals surface area contributed by atoms with Crippen molar-refractivity contribution >= 4 is 23.2 Å². The van der Waals surface area contributed by atoms with Crippen LogP contribution in [0.5, 0.6) is 0 Å². The van der Waals surface area contributed by atoms with Crippen LogP contribution in [0.3, 0.4) is 0 Å². The van der Waals surface area contributed by atoms with Gasteiger partial charge in [-0.15, -0.1) is 0 Å². The van der Waals surface area contributed by atoms with Gasteiger partial charge in [0.25, 0.3) is 11.6 Å². The van der Waals surface area contributed by atoms with Gasteiger partial charge in [0.15, 0.2) is 0 Å². The van der Waals surface area contributed by atoms with Crippen LogP contribution >= 0.6 is 11.6 Å². The number of nitro groups is 1. The minimum Gasteiger partial charge on any atom is -0.341 e. The van der Waals surface area contributed by atoms with Crippen LogP contribution in [0.25, 0.3) is 0 Å². The summed E-state index contributed by atoms with van der Waals surface area (Å²) < 4.78 is 0. The lowest BCUT2D eigenvalue weighted by Crippen LogP contribution is -2.30. The van der Waals surface area contributed by atoms with E-state index in [1.54, 1.807) is 7.05 Å². The van der Waals surface area contributed by atoms with Crippen molar-refractivity contribution in [3.63, 3.8) is 0 Å². The zero-order valence-corrected chi connectivity index (χ0v) is 11.1. The van der Waals surface area contributed by atoms with E-state index in [4.69, 9.17) is 11.6 Å². The van der Waals surface area contributed by atoms with E-state index in [9.17, 15) is 14.9 Å². The fourth-order valence-electron chi connectivity index (χ4n) is 1.52. The maximum absolute atomic E-state index is 12.1. The number of halogens is 1. The van der Waals surface area contributed by atoms with Gasteiger partial charge in [0.2, 0.25) is 0 Å². The average Bonchev–Trinajstić information content (AvgIpc) is 2.27. The molecule has 0 spiro atoms. The first-order chi connectivity index (χ1) is 8.32. The van der Waals surface area contributed by atoms with E-state index in [0.29, 0.717) is 12.5 Å². The molecule has 0 bridgehead atoms. The zero-order valence-electron chi connectivity index (χ0n) is 10.4. The molecule has 0 unspecified atom stereocenters. The highest BCUT2D eigenvalue weighted by molar-refractivity contribution is 6.32. The third kappa shape index (κ3) is 3.40. The Morgan fingerprint density at radius 2 is 2.22 bits per heavy atom. The predicted octanol–water partition coefficient (Wildman–Crippen LogP) is 2.37. The van der Waals surface area contributed by atoms with Crippen molar-refractivity contribution in [3.8, 4) is 0 Å². The van der Waals surface area contributed by atoms with E-state index < -0.39 is 4.92 Å². The molecular formula is C11H14ClN3O3. The first-order valence-corrected chi connectivity index (χ1v) is 5.76. The highest BCUT2D eigenvalue weighted by Crippen LogP contribution is 2.20. The van der Waals surface area contributed by atoms with Gasteiger partial charge < -0.3 is 4.90 Å². The summed E-state index contributed by atoms with van der Waals surface area (Å²) >= 11 is 5.80. The van der Waals surface area contributed by atoms with Crippen LogP contribution in [0, 0.1) is 16.0 Å². The number of carbonyl (C=O) groups is 1. The largest absolute Gasteiger partial charge is 0.341 e. The van der Waals surface area contributed by atoms with E-state index in [1.165, 1.54) is 4.90 Å². The molecule has 0 saturated carbocycles. The van der Waals surface area contributed by atoms with Gasteiger partial charge in [0, 0.05) is 19.7 Å². The van der Waals surface area contributed by atoms with Crippen LogP contribution in [-0.2, 0) is 0 Å². The number of nitrogens with zero attached hydrogens (tertiary/aromatic N) is 3. The molecule has 1 aromatic heterocycles. The van der Waals surface area contributed by atoms with E-state index in [1.807, 2.05) is 13.8 Å². The van der Waals surface area contributed by atoms with Crippen molar-refractivity contribution in [3.05, 3.63) is 33.1 Å². The standard InChI is InChI=1S/C11H14ClN3O3/c1-7(2)6-14(3)11(16)9-4-8(15(17)18)5-13-10(9)12/h4-5,7H,6H2,1-3H3. The fourth-order valence-corrected chi connectivity index (χ4v) is 1.71. The lowest BCUT2D eigenvalue weighted by molar-refractivity contribution is -0.385. The van der Waals surface area contributed by atoms with Crippen molar-refractivity contribution in [2.24, 2.45) is 5.92 Å². The number of hydrogen-bond acceptors (Lipinski definition) is 4. The number of carbonyl (C=O) groups excluding carboxylic acids is 1. The summed E-state index contributed by atoms with van der Waals surface area (Å²) in [6.07, 6.45) is 1.03. The van der Waals surface area contributed by atoms with Gasteiger partial charge in [0.05, 0.1) is 10.5 Å². The van der Waals surface area contributed by atoms with Gasteiger partial charge in [-0.1, -0.05) is 25.4 Å². The molecule has 1 heterocycles. The van der Waals surface area contributed by atoms with Gasteiger partial charge in [-0.2, -0.15) is 0 Å². The van der Waals surface area contributed by atoms with Crippen LogP contribution in [0.4, 0.5) is 5.69 Å². The Bertz CT molecular complexity index is 477.